The maximum atomic E-state index is 12.8. The molecule has 12 heteroatoms. The number of nitro benzene ring substituents is 1. The van der Waals surface area contributed by atoms with Crippen molar-refractivity contribution in [3.8, 4) is 0 Å². The molecular formula is C16H11Cl3F3N3O3. The standard InChI is InChI=1S/C16H11Cl3F3N3O3/c17-15(18,19)14(23-11-3-1-2-10(8-11)16(20,21)22)24-13(26)9-4-6-12(7-5-9)25(27)28/h1-8,14,23H,(H,24,26). The Morgan fingerprint density at radius 3 is 2.18 bits per heavy atom. The van der Waals surface area contributed by atoms with Gasteiger partial charge in [-0.25, -0.2) is 0 Å². The second-order valence-electron chi connectivity index (χ2n) is 5.47. The molecule has 0 heterocycles. The lowest BCUT2D eigenvalue weighted by Gasteiger charge is -2.27. The average Bonchev–Trinajstić information content (AvgIpc) is 2.60. The van der Waals surface area contributed by atoms with Gasteiger partial charge in [-0.2, -0.15) is 13.2 Å². The molecule has 2 N–H and O–H groups in total. The molecule has 0 aromatic heterocycles. The summed E-state index contributed by atoms with van der Waals surface area (Å²) >= 11 is 17.5. The first-order chi connectivity index (χ1) is 12.9. The fourth-order valence-corrected chi connectivity index (χ4v) is 2.43. The molecule has 0 aliphatic rings. The number of nitrogens with zero attached hydrogens (tertiary/aromatic N) is 1. The molecule has 0 aliphatic carbocycles. The molecular weight excluding hydrogens is 446 g/mol. The van der Waals surface area contributed by atoms with E-state index in [-0.39, 0.29) is 16.9 Å². The number of rotatable bonds is 5. The Hall–Kier alpha value is -2.23. The zero-order chi connectivity index (χ0) is 21.1. The summed E-state index contributed by atoms with van der Waals surface area (Å²) in [6.07, 6.45) is -5.97. The Balaban J connectivity index is 2.21. The van der Waals surface area contributed by atoms with Gasteiger partial charge in [0.15, 0.2) is 0 Å². The van der Waals surface area contributed by atoms with Crippen molar-refractivity contribution in [2.45, 2.75) is 16.1 Å². The predicted molar refractivity (Wildman–Crippen MR) is 99.7 cm³/mol. The molecule has 1 unspecified atom stereocenters. The van der Waals surface area contributed by atoms with Crippen LogP contribution in [0.1, 0.15) is 15.9 Å². The van der Waals surface area contributed by atoms with E-state index in [2.05, 4.69) is 10.6 Å². The van der Waals surface area contributed by atoms with Crippen LogP contribution in [0.2, 0.25) is 0 Å². The van der Waals surface area contributed by atoms with E-state index in [0.717, 1.165) is 30.3 Å². The minimum absolute atomic E-state index is 0.0238. The molecule has 0 fully saturated rings. The normalized spacial score (nSPS) is 12.9. The highest BCUT2D eigenvalue weighted by molar-refractivity contribution is 6.68. The smallest absolute Gasteiger partial charge is 0.362 e. The Bertz CT molecular complexity index is 871. The molecule has 6 nitrogen and oxygen atoms in total. The van der Waals surface area contributed by atoms with Gasteiger partial charge in [-0.1, -0.05) is 40.9 Å². The van der Waals surface area contributed by atoms with Crippen LogP contribution in [0.15, 0.2) is 48.5 Å². The number of alkyl halides is 6. The number of anilines is 1. The zero-order valence-corrected chi connectivity index (χ0v) is 15.9. The molecule has 0 bridgehead atoms. The Labute approximate surface area is 171 Å². The number of nitrogens with one attached hydrogen (secondary N) is 2. The summed E-state index contributed by atoms with van der Waals surface area (Å²) in [6.45, 7) is 0. The number of non-ortho nitro benzene ring substituents is 1. The van der Waals surface area contributed by atoms with Crippen LogP contribution in [0.5, 0.6) is 0 Å². The van der Waals surface area contributed by atoms with E-state index in [1.807, 2.05) is 0 Å². The van der Waals surface area contributed by atoms with Gasteiger partial charge in [0.25, 0.3) is 11.6 Å². The molecule has 2 aromatic carbocycles. The largest absolute Gasteiger partial charge is 0.416 e. The summed E-state index contributed by atoms with van der Waals surface area (Å²) in [5.74, 6) is -0.759. The van der Waals surface area contributed by atoms with Crippen LogP contribution in [0.4, 0.5) is 24.5 Å². The maximum absolute atomic E-state index is 12.8. The Kier molecular flexibility index (Phi) is 6.63. The second kappa shape index (κ2) is 8.42. The molecule has 1 atom stereocenters. The maximum Gasteiger partial charge on any atom is 0.416 e. The molecule has 0 aliphatic heterocycles. The van der Waals surface area contributed by atoms with E-state index < -0.39 is 32.5 Å². The first-order valence-electron chi connectivity index (χ1n) is 7.44. The van der Waals surface area contributed by atoms with E-state index in [0.29, 0.717) is 0 Å². The minimum Gasteiger partial charge on any atom is -0.362 e. The fourth-order valence-electron chi connectivity index (χ4n) is 2.10. The van der Waals surface area contributed by atoms with Gasteiger partial charge in [-0.3, -0.25) is 14.9 Å². The van der Waals surface area contributed by atoms with Crippen LogP contribution < -0.4 is 10.6 Å². The van der Waals surface area contributed by atoms with Crippen molar-refractivity contribution in [1.82, 2.24) is 5.32 Å². The number of nitro groups is 1. The predicted octanol–water partition coefficient (Wildman–Crippen LogP) is 5.15. The Morgan fingerprint density at radius 2 is 1.68 bits per heavy atom. The molecule has 2 aromatic rings. The first-order valence-corrected chi connectivity index (χ1v) is 8.57. The summed E-state index contributed by atoms with van der Waals surface area (Å²) in [7, 11) is 0. The molecule has 0 radical (unpaired) electrons. The van der Waals surface area contributed by atoms with Gasteiger partial charge in [0.2, 0.25) is 3.79 Å². The van der Waals surface area contributed by atoms with Crippen LogP contribution in [0.3, 0.4) is 0 Å². The number of benzene rings is 2. The number of carbonyl (C=O) groups excluding carboxylic acids is 1. The zero-order valence-electron chi connectivity index (χ0n) is 13.6. The van der Waals surface area contributed by atoms with E-state index in [4.69, 9.17) is 34.8 Å². The molecule has 1 amide bonds. The van der Waals surface area contributed by atoms with Crippen molar-refractivity contribution < 1.29 is 22.9 Å². The van der Waals surface area contributed by atoms with Crippen LogP contribution in [-0.2, 0) is 6.18 Å². The summed E-state index contributed by atoms with van der Waals surface area (Å²) in [4.78, 5) is 22.3. The Morgan fingerprint density at radius 1 is 1.07 bits per heavy atom. The van der Waals surface area contributed by atoms with Gasteiger partial charge >= 0.3 is 6.18 Å². The van der Waals surface area contributed by atoms with E-state index in [9.17, 15) is 28.1 Å². The van der Waals surface area contributed by atoms with Crippen molar-refractivity contribution in [2.24, 2.45) is 0 Å². The molecule has 2 rings (SSSR count). The number of carbonyl (C=O) groups is 1. The highest BCUT2D eigenvalue weighted by Gasteiger charge is 2.35. The second-order valence-corrected chi connectivity index (χ2v) is 7.84. The van der Waals surface area contributed by atoms with E-state index in [1.54, 1.807) is 0 Å². The van der Waals surface area contributed by atoms with Gasteiger partial charge in [-0.15, -0.1) is 0 Å². The topological polar surface area (TPSA) is 84.3 Å². The van der Waals surface area contributed by atoms with E-state index >= 15 is 0 Å². The monoisotopic (exact) mass is 455 g/mol. The van der Waals surface area contributed by atoms with Gasteiger partial charge < -0.3 is 10.6 Å². The summed E-state index contributed by atoms with van der Waals surface area (Å²) in [5.41, 5.74) is -1.18. The SMILES string of the molecule is O=C(NC(Nc1cccc(C(F)(F)F)c1)C(Cl)(Cl)Cl)c1ccc([N+](=O)[O-])cc1. The third-order valence-corrected chi connectivity index (χ3v) is 4.10. The van der Waals surface area contributed by atoms with Gasteiger partial charge in [-0.05, 0) is 30.3 Å². The molecule has 0 saturated heterocycles. The van der Waals surface area contributed by atoms with Gasteiger partial charge in [0, 0.05) is 23.4 Å². The van der Waals surface area contributed by atoms with Crippen molar-refractivity contribution in [1.29, 1.82) is 0 Å². The van der Waals surface area contributed by atoms with Crippen LogP contribution in [-0.4, -0.2) is 20.8 Å². The van der Waals surface area contributed by atoms with Gasteiger partial charge in [0.05, 0.1) is 10.5 Å². The highest BCUT2D eigenvalue weighted by Crippen LogP contribution is 2.34. The first kappa shape index (κ1) is 22.1. The van der Waals surface area contributed by atoms with Crippen molar-refractivity contribution in [3.63, 3.8) is 0 Å². The lowest BCUT2D eigenvalue weighted by atomic mass is 10.2. The third kappa shape index (κ3) is 5.88. The lowest BCUT2D eigenvalue weighted by Crippen LogP contribution is -2.49. The number of hydrogen-bond acceptors (Lipinski definition) is 4. The minimum atomic E-state index is -4.57. The molecule has 150 valence electrons. The van der Waals surface area contributed by atoms with Gasteiger partial charge in [0.1, 0.15) is 6.17 Å². The van der Waals surface area contributed by atoms with Crippen LogP contribution >= 0.6 is 34.8 Å². The number of amides is 1. The third-order valence-electron chi connectivity index (χ3n) is 3.44. The number of halogens is 6. The summed E-state index contributed by atoms with van der Waals surface area (Å²) in [5, 5.41) is 15.5. The highest BCUT2D eigenvalue weighted by atomic mass is 35.6. The number of hydrogen-bond donors (Lipinski definition) is 2. The van der Waals surface area contributed by atoms with Crippen molar-refractivity contribution in [2.75, 3.05) is 5.32 Å². The summed E-state index contributed by atoms with van der Waals surface area (Å²) < 4.78 is 36.4. The fraction of sp³-hybridized carbons (Fsp3) is 0.188. The van der Waals surface area contributed by atoms with E-state index in [1.165, 1.54) is 18.2 Å². The van der Waals surface area contributed by atoms with Crippen LogP contribution in [0.25, 0.3) is 0 Å². The van der Waals surface area contributed by atoms with Crippen molar-refractivity contribution in [3.05, 3.63) is 69.8 Å². The van der Waals surface area contributed by atoms with Crippen molar-refractivity contribution >= 4 is 52.1 Å². The lowest BCUT2D eigenvalue weighted by molar-refractivity contribution is -0.384. The molecule has 0 saturated carbocycles. The quantitative estimate of drug-likeness (QED) is 0.282. The molecule has 0 spiro atoms. The average molecular weight is 457 g/mol. The molecule has 28 heavy (non-hydrogen) atoms. The van der Waals surface area contributed by atoms with Crippen LogP contribution in [0, 0.1) is 10.1 Å². The summed E-state index contributed by atoms with van der Waals surface area (Å²) in [6, 6.07) is 8.71.